The first-order valence-corrected chi connectivity index (χ1v) is 15.6. The van der Waals surface area contributed by atoms with Crippen LogP contribution in [0.1, 0.15) is 18.1 Å². The Morgan fingerprint density at radius 1 is 0.545 bits per heavy atom. The fourth-order valence-corrected chi connectivity index (χ4v) is 6.98. The van der Waals surface area contributed by atoms with E-state index in [4.69, 9.17) is 0 Å². The molecule has 0 amide bonds. The van der Waals surface area contributed by atoms with Crippen LogP contribution in [0.4, 0.5) is 0 Å². The lowest BCUT2D eigenvalue weighted by atomic mass is 9.84. The van der Waals surface area contributed by atoms with Gasteiger partial charge in [-0.2, -0.15) is 0 Å². The van der Waals surface area contributed by atoms with E-state index in [0.717, 1.165) is 19.5 Å². The topological polar surface area (TPSA) is 24.1 Å². The molecular formula is C42H34N2. The average molecular weight is 567 g/mol. The van der Waals surface area contributed by atoms with Crippen LogP contribution >= 0.6 is 0 Å². The summed E-state index contributed by atoms with van der Waals surface area (Å²) in [5.41, 5.74) is 11.4. The number of benzene rings is 6. The number of rotatable bonds is 5. The number of fused-ring (bicyclic) bond motifs is 3. The molecule has 8 rings (SSSR count). The highest BCUT2D eigenvalue weighted by molar-refractivity contribution is 6.23. The lowest BCUT2D eigenvalue weighted by molar-refractivity contribution is 0.890. The number of hydrogen-bond donors (Lipinski definition) is 2. The predicted molar refractivity (Wildman–Crippen MR) is 188 cm³/mol. The number of hydrogen-bond acceptors (Lipinski definition) is 2. The van der Waals surface area contributed by atoms with Gasteiger partial charge in [-0.15, -0.1) is 0 Å². The molecule has 0 saturated carbocycles. The number of aryl methyl sites for hydroxylation is 1. The van der Waals surface area contributed by atoms with Gasteiger partial charge in [-0.3, -0.25) is 0 Å². The van der Waals surface area contributed by atoms with Crippen LogP contribution in [0.2, 0.25) is 0 Å². The zero-order valence-electron chi connectivity index (χ0n) is 24.9. The van der Waals surface area contributed by atoms with Crippen LogP contribution in [-0.4, -0.2) is 13.1 Å². The van der Waals surface area contributed by atoms with Gasteiger partial charge in [0.25, 0.3) is 0 Å². The van der Waals surface area contributed by atoms with Crippen LogP contribution in [-0.2, 0) is 6.42 Å². The van der Waals surface area contributed by atoms with Gasteiger partial charge in [0.2, 0.25) is 0 Å². The minimum Gasteiger partial charge on any atom is -0.387 e. The van der Waals surface area contributed by atoms with Crippen LogP contribution in [0.3, 0.4) is 0 Å². The molecule has 0 bridgehead atoms. The van der Waals surface area contributed by atoms with Gasteiger partial charge >= 0.3 is 0 Å². The molecule has 2 heterocycles. The summed E-state index contributed by atoms with van der Waals surface area (Å²) in [6.07, 6.45) is 12.1. The van der Waals surface area contributed by atoms with Crippen LogP contribution in [0, 0.1) is 0 Å². The van der Waals surface area contributed by atoms with Crippen LogP contribution < -0.4 is 10.6 Å². The third-order valence-corrected chi connectivity index (χ3v) is 9.13. The van der Waals surface area contributed by atoms with Crippen molar-refractivity contribution < 1.29 is 0 Å². The molecule has 212 valence electrons. The molecule has 0 saturated heterocycles. The van der Waals surface area contributed by atoms with E-state index in [9.17, 15) is 0 Å². The minimum absolute atomic E-state index is 0.811. The fraction of sp³-hybridized carbons (Fsp3) is 0.0952. The average Bonchev–Trinajstić information content (AvgIpc) is 3.10. The Morgan fingerprint density at radius 2 is 1.14 bits per heavy atom. The summed E-state index contributed by atoms with van der Waals surface area (Å²) >= 11 is 0. The van der Waals surface area contributed by atoms with Crippen molar-refractivity contribution in [2.75, 3.05) is 13.1 Å². The third kappa shape index (κ3) is 4.42. The number of dihydropyridines is 2. The molecule has 0 aliphatic carbocycles. The molecule has 2 aliphatic rings. The van der Waals surface area contributed by atoms with Gasteiger partial charge in [-0.05, 0) is 102 Å². The van der Waals surface area contributed by atoms with E-state index in [1.165, 1.54) is 82.5 Å². The molecule has 0 fully saturated rings. The molecule has 0 atom stereocenters. The molecule has 44 heavy (non-hydrogen) atoms. The first-order chi connectivity index (χ1) is 21.8. The Kier molecular flexibility index (Phi) is 6.61. The van der Waals surface area contributed by atoms with Gasteiger partial charge in [0.1, 0.15) is 0 Å². The Morgan fingerprint density at radius 3 is 1.77 bits per heavy atom. The van der Waals surface area contributed by atoms with E-state index in [1.807, 2.05) is 6.20 Å². The highest BCUT2D eigenvalue weighted by atomic mass is 14.9. The fourth-order valence-electron chi connectivity index (χ4n) is 6.98. The van der Waals surface area contributed by atoms with Gasteiger partial charge < -0.3 is 10.6 Å². The van der Waals surface area contributed by atoms with E-state index in [-0.39, 0.29) is 0 Å². The van der Waals surface area contributed by atoms with Gasteiger partial charge in [0.05, 0.1) is 0 Å². The predicted octanol–water partition coefficient (Wildman–Crippen LogP) is 9.96. The Balaban J connectivity index is 1.36. The van der Waals surface area contributed by atoms with E-state index < -0.39 is 0 Å². The molecule has 0 spiro atoms. The Bertz CT molecular complexity index is 2140. The van der Waals surface area contributed by atoms with Crippen molar-refractivity contribution in [3.05, 3.63) is 162 Å². The van der Waals surface area contributed by atoms with E-state index in [0.29, 0.717) is 0 Å². The number of allylic oxidation sites excluding steroid dienone is 3. The van der Waals surface area contributed by atoms with Gasteiger partial charge in [-0.25, -0.2) is 0 Å². The first-order valence-electron chi connectivity index (χ1n) is 15.6. The maximum Gasteiger partial charge on any atom is 0.0420 e. The minimum atomic E-state index is 0.811. The van der Waals surface area contributed by atoms with Crippen molar-refractivity contribution in [1.29, 1.82) is 0 Å². The molecule has 0 aromatic heterocycles. The lowest BCUT2D eigenvalue weighted by Gasteiger charge is -2.21. The van der Waals surface area contributed by atoms with E-state index in [2.05, 4.69) is 151 Å². The molecule has 2 aliphatic heterocycles. The first kappa shape index (κ1) is 26.3. The zero-order chi connectivity index (χ0) is 29.5. The normalized spacial score (nSPS) is 14.6. The lowest BCUT2D eigenvalue weighted by Crippen LogP contribution is -2.20. The highest BCUT2D eigenvalue weighted by Gasteiger charge is 2.19. The summed E-state index contributed by atoms with van der Waals surface area (Å²) in [5.74, 6) is 0. The van der Waals surface area contributed by atoms with Gasteiger partial charge in [0.15, 0.2) is 0 Å². The maximum absolute atomic E-state index is 3.58. The summed E-state index contributed by atoms with van der Waals surface area (Å²) < 4.78 is 0. The molecule has 6 aromatic carbocycles. The van der Waals surface area contributed by atoms with Crippen LogP contribution in [0.15, 0.2) is 151 Å². The molecular weight excluding hydrogens is 532 g/mol. The van der Waals surface area contributed by atoms with Crippen LogP contribution in [0.5, 0.6) is 0 Å². The quantitative estimate of drug-likeness (QED) is 0.203. The van der Waals surface area contributed by atoms with Crippen molar-refractivity contribution in [3.63, 3.8) is 0 Å². The van der Waals surface area contributed by atoms with Crippen molar-refractivity contribution >= 4 is 37.9 Å². The molecule has 6 aromatic rings. The zero-order valence-corrected chi connectivity index (χ0v) is 24.9. The van der Waals surface area contributed by atoms with Gasteiger partial charge in [0, 0.05) is 18.8 Å². The summed E-state index contributed by atoms with van der Waals surface area (Å²) in [5, 5.41) is 14.5. The highest BCUT2D eigenvalue weighted by Crippen LogP contribution is 2.45. The Hall–Kier alpha value is -5.34. The second-order valence-electron chi connectivity index (χ2n) is 11.6. The maximum atomic E-state index is 3.58. The standard InChI is InChI=1S/C42H34N2/c1-2-28-17-19-30(20-18-28)41-36-9-3-5-11-38(36)42(39-12-6-4-10-37(39)41)35-16-8-14-33-32(13-7-15-34(33)35)31-23-26-44-40(27-31)29-21-24-43-25-22-29/h3-24,27,43-44H,2,25-26H2,1H3. The molecule has 2 nitrogen and oxygen atoms in total. The third-order valence-electron chi connectivity index (χ3n) is 9.13. The van der Waals surface area contributed by atoms with Crippen molar-refractivity contribution in [3.8, 4) is 22.3 Å². The monoisotopic (exact) mass is 566 g/mol. The second-order valence-corrected chi connectivity index (χ2v) is 11.6. The van der Waals surface area contributed by atoms with Crippen molar-refractivity contribution in [1.82, 2.24) is 10.6 Å². The van der Waals surface area contributed by atoms with E-state index in [1.54, 1.807) is 0 Å². The largest absolute Gasteiger partial charge is 0.387 e. The summed E-state index contributed by atoms with van der Waals surface area (Å²) in [6, 6.07) is 40.6. The van der Waals surface area contributed by atoms with Crippen molar-refractivity contribution in [2.24, 2.45) is 0 Å². The SMILES string of the molecule is CCc1ccc(-c2c3ccccc3c(-c3cccc4c(C5=CCNC(C6=CCNC=C6)=C5)cccc34)c3ccccc23)cc1. The summed E-state index contributed by atoms with van der Waals surface area (Å²) in [4.78, 5) is 0. The van der Waals surface area contributed by atoms with Crippen LogP contribution in [0.25, 0.3) is 60.1 Å². The van der Waals surface area contributed by atoms with Crippen molar-refractivity contribution in [2.45, 2.75) is 13.3 Å². The van der Waals surface area contributed by atoms with E-state index >= 15 is 0 Å². The summed E-state index contributed by atoms with van der Waals surface area (Å²) in [6.45, 7) is 3.88. The molecule has 2 heteroatoms. The smallest absolute Gasteiger partial charge is 0.0420 e. The summed E-state index contributed by atoms with van der Waals surface area (Å²) in [7, 11) is 0. The second kappa shape index (κ2) is 11.1. The molecule has 2 N–H and O–H groups in total. The molecule has 0 unspecified atom stereocenters. The van der Waals surface area contributed by atoms with Gasteiger partial charge in [-0.1, -0.05) is 128 Å². The Labute approximate surface area is 258 Å². The molecule has 0 radical (unpaired) electrons. The number of nitrogens with one attached hydrogen (secondary N) is 2.